The summed E-state index contributed by atoms with van der Waals surface area (Å²) >= 11 is 0. The van der Waals surface area contributed by atoms with Gasteiger partial charge in [0.1, 0.15) is 0 Å². The van der Waals surface area contributed by atoms with Crippen molar-refractivity contribution in [3.8, 4) is 0 Å². The highest BCUT2D eigenvalue weighted by atomic mass is 16.6. The second-order valence-corrected chi connectivity index (χ2v) is 8.02. The van der Waals surface area contributed by atoms with Crippen molar-refractivity contribution in [2.45, 2.75) is 56.8 Å². The summed E-state index contributed by atoms with van der Waals surface area (Å²) in [5, 5.41) is 21.8. The molecular weight excluding hydrogens is 328 g/mol. The standard InChI is InChI=1S/C20H32N4O2/c1-19-8-6-15(16-5-4-10-23-12-16)11-20(19,25)9-7-17(19)13-24-26-18(22-3)14-21-2/h4-5,10,12-13,15,17-18,21-22,25H,6-9,11,14H2,1-3H3/t15-,17+,18?,19+,20-/m0/s1. The van der Waals surface area contributed by atoms with Gasteiger partial charge in [0.15, 0.2) is 6.23 Å². The van der Waals surface area contributed by atoms with Crippen LogP contribution in [0, 0.1) is 11.3 Å². The fraction of sp³-hybridized carbons (Fsp3) is 0.700. The van der Waals surface area contributed by atoms with Gasteiger partial charge in [-0.05, 0) is 63.7 Å². The van der Waals surface area contributed by atoms with Gasteiger partial charge in [-0.25, -0.2) is 0 Å². The predicted molar refractivity (Wildman–Crippen MR) is 103 cm³/mol. The van der Waals surface area contributed by atoms with Crippen LogP contribution in [-0.4, -0.2) is 48.8 Å². The molecule has 1 aromatic heterocycles. The lowest BCUT2D eigenvalue weighted by atomic mass is 9.59. The van der Waals surface area contributed by atoms with Crippen LogP contribution in [0.2, 0.25) is 0 Å². The molecule has 2 aliphatic rings. The van der Waals surface area contributed by atoms with Crippen LogP contribution in [0.25, 0.3) is 0 Å². The Balaban J connectivity index is 1.67. The number of aromatic nitrogens is 1. The Morgan fingerprint density at radius 2 is 2.27 bits per heavy atom. The average molecular weight is 361 g/mol. The van der Waals surface area contributed by atoms with E-state index in [1.807, 2.05) is 32.6 Å². The largest absolute Gasteiger partial charge is 0.389 e. The van der Waals surface area contributed by atoms with Crippen LogP contribution in [0.15, 0.2) is 29.7 Å². The lowest BCUT2D eigenvalue weighted by molar-refractivity contribution is -0.0960. The monoisotopic (exact) mass is 360 g/mol. The van der Waals surface area contributed by atoms with Crippen molar-refractivity contribution in [2.75, 3.05) is 20.6 Å². The second kappa shape index (κ2) is 8.03. The van der Waals surface area contributed by atoms with Gasteiger partial charge in [-0.3, -0.25) is 10.3 Å². The number of nitrogens with zero attached hydrogens (tertiary/aromatic N) is 2. The number of oxime groups is 1. The van der Waals surface area contributed by atoms with Crippen molar-refractivity contribution < 1.29 is 9.94 Å². The Labute approximate surface area is 156 Å². The van der Waals surface area contributed by atoms with E-state index in [2.05, 4.69) is 33.8 Å². The number of likely N-dealkylation sites (N-methyl/N-ethyl adjacent to an activating group) is 2. The fourth-order valence-corrected chi connectivity index (χ4v) is 4.78. The van der Waals surface area contributed by atoms with E-state index in [-0.39, 0.29) is 17.6 Å². The van der Waals surface area contributed by atoms with E-state index in [0.717, 1.165) is 32.1 Å². The zero-order valence-electron chi connectivity index (χ0n) is 16.1. The lowest BCUT2D eigenvalue weighted by Crippen LogP contribution is -2.49. The summed E-state index contributed by atoms with van der Waals surface area (Å²) in [5.74, 6) is 0.632. The van der Waals surface area contributed by atoms with Crippen molar-refractivity contribution in [3.63, 3.8) is 0 Å². The Bertz CT molecular complexity index is 611. The third-order valence-electron chi connectivity index (χ3n) is 6.64. The molecule has 0 radical (unpaired) electrons. The van der Waals surface area contributed by atoms with Gasteiger partial charge in [0.2, 0.25) is 0 Å². The van der Waals surface area contributed by atoms with E-state index in [1.54, 1.807) is 6.20 Å². The molecule has 3 rings (SSSR count). The van der Waals surface area contributed by atoms with Crippen LogP contribution < -0.4 is 10.6 Å². The highest BCUT2D eigenvalue weighted by Crippen LogP contribution is 2.60. The molecule has 0 spiro atoms. The number of rotatable bonds is 7. The van der Waals surface area contributed by atoms with Crippen molar-refractivity contribution in [3.05, 3.63) is 30.1 Å². The molecule has 0 bridgehead atoms. The zero-order chi connectivity index (χ0) is 18.6. The highest BCUT2D eigenvalue weighted by molar-refractivity contribution is 5.62. The van der Waals surface area contributed by atoms with Crippen LogP contribution in [0.1, 0.15) is 50.5 Å². The first-order chi connectivity index (χ1) is 12.5. The first kappa shape index (κ1) is 19.3. The summed E-state index contributed by atoms with van der Waals surface area (Å²) in [4.78, 5) is 9.80. The molecule has 0 aromatic carbocycles. The highest BCUT2D eigenvalue weighted by Gasteiger charge is 2.58. The van der Waals surface area contributed by atoms with Gasteiger partial charge >= 0.3 is 0 Å². The Morgan fingerprint density at radius 3 is 2.96 bits per heavy atom. The molecule has 6 nitrogen and oxygen atoms in total. The number of aliphatic hydroxyl groups is 1. The minimum atomic E-state index is -0.643. The molecule has 144 valence electrons. The summed E-state index contributed by atoms with van der Waals surface area (Å²) in [5.41, 5.74) is 0.458. The average Bonchev–Trinajstić information content (AvgIpc) is 2.92. The molecule has 1 aromatic rings. The van der Waals surface area contributed by atoms with E-state index < -0.39 is 5.60 Å². The molecule has 1 heterocycles. The van der Waals surface area contributed by atoms with Gasteiger partial charge in [-0.1, -0.05) is 18.1 Å². The van der Waals surface area contributed by atoms with Crippen molar-refractivity contribution in [1.82, 2.24) is 15.6 Å². The number of nitrogens with one attached hydrogen (secondary N) is 2. The second-order valence-electron chi connectivity index (χ2n) is 8.02. The maximum atomic E-state index is 11.5. The molecule has 2 saturated carbocycles. The van der Waals surface area contributed by atoms with Gasteiger partial charge < -0.3 is 15.3 Å². The molecule has 2 aliphatic carbocycles. The predicted octanol–water partition coefficient (Wildman–Crippen LogP) is 2.26. The van der Waals surface area contributed by atoms with E-state index in [9.17, 15) is 5.11 Å². The Hall–Kier alpha value is -1.50. The number of hydrogen-bond donors (Lipinski definition) is 3. The maximum absolute atomic E-state index is 11.5. The smallest absolute Gasteiger partial charge is 0.190 e. The van der Waals surface area contributed by atoms with Crippen LogP contribution in [-0.2, 0) is 4.84 Å². The van der Waals surface area contributed by atoms with Crippen molar-refractivity contribution in [1.29, 1.82) is 0 Å². The molecular formula is C20H32N4O2. The SMILES string of the molecule is CNCC(NC)ON=C[C@H]1CC[C@]2(O)C[C@@H](c3cccnc3)CC[C@]12C. The van der Waals surface area contributed by atoms with E-state index >= 15 is 0 Å². The summed E-state index contributed by atoms with van der Waals surface area (Å²) in [7, 11) is 3.74. The van der Waals surface area contributed by atoms with Crippen LogP contribution in [0.4, 0.5) is 0 Å². The Kier molecular flexibility index (Phi) is 5.95. The summed E-state index contributed by atoms with van der Waals surface area (Å²) < 4.78 is 0. The normalized spacial score (nSPS) is 35.4. The van der Waals surface area contributed by atoms with Gasteiger partial charge in [-0.15, -0.1) is 0 Å². The Morgan fingerprint density at radius 1 is 1.42 bits per heavy atom. The lowest BCUT2D eigenvalue weighted by Gasteiger charge is -2.48. The minimum Gasteiger partial charge on any atom is -0.389 e. The van der Waals surface area contributed by atoms with Crippen LogP contribution in [0.5, 0.6) is 0 Å². The van der Waals surface area contributed by atoms with E-state index in [0.29, 0.717) is 12.5 Å². The van der Waals surface area contributed by atoms with Crippen molar-refractivity contribution in [2.24, 2.45) is 16.5 Å². The van der Waals surface area contributed by atoms with Crippen molar-refractivity contribution >= 4 is 6.21 Å². The fourth-order valence-electron chi connectivity index (χ4n) is 4.78. The summed E-state index contributed by atoms with van der Waals surface area (Å²) in [6.07, 6.45) is 10.2. The molecule has 1 unspecified atom stereocenters. The number of hydrogen-bond acceptors (Lipinski definition) is 6. The molecule has 2 fully saturated rings. The van der Waals surface area contributed by atoms with Crippen LogP contribution in [0.3, 0.4) is 0 Å². The van der Waals surface area contributed by atoms with Crippen LogP contribution >= 0.6 is 0 Å². The first-order valence-corrected chi connectivity index (χ1v) is 9.66. The van der Waals surface area contributed by atoms with Gasteiger partial charge in [0, 0.05) is 36.5 Å². The molecule has 0 amide bonds. The maximum Gasteiger partial charge on any atom is 0.190 e. The zero-order valence-corrected chi connectivity index (χ0v) is 16.1. The van der Waals surface area contributed by atoms with Gasteiger partial charge in [0.25, 0.3) is 0 Å². The van der Waals surface area contributed by atoms with Gasteiger partial charge in [0.05, 0.1) is 5.60 Å². The van der Waals surface area contributed by atoms with E-state index in [1.165, 1.54) is 5.56 Å². The topological polar surface area (TPSA) is 78.8 Å². The molecule has 5 atom stereocenters. The number of pyridine rings is 1. The molecule has 3 N–H and O–H groups in total. The van der Waals surface area contributed by atoms with Gasteiger partial charge in [-0.2, -0.15) is 0 Å². The minimum absolute atomic E-state index is 0.142. The molecule has 26 heavy (non-hydrogen) atoms. The third-order valence-corrected chi connectivity index (χ3v) is 6.64. The third kappa shape index (κ3) is 3.63. The summed E-state index contributed by atoms with van der Waals surface area (Å²) in [6, 6.07) is 4.11. The molecule has 0 aliphatic heterocycles. The summed E-state index contributed by atoms with van der Waals surface area (Å²) in [6.45, 7) is 2.91. The first-order valence-electron chi connectivity index (χ1n) is 9.66. The quantitative estimate of drug-likeness (QED) is 0.395. The molecule has 0 saturated heterocycles. The number of fused-ring (bicyclic) bond motifs is 1. The molecule has 6 heteroatoms. The van der Waals surface area contributed by atoms with E-state index in [4.69, 9.17) is 4.84 Å².